The molecular formula is C16H26N2O2. The SMILES string of the molecule is CCOC(C)(C)CNC(=O)C(N)CCc1ccccc1. The Bertz CT molecular complexity index is 404. The highest BCUT2D eigenvalue weighted by atomic mass is 16.5. The molecule has 1 aromatic rings. The van der Waals surface area contributed by atoms with Crippen LogP contribution in [0.1, 0.15) is 32.8 Å². The quantitative estimate of drug-likeness (QED) is 0.763. The van der Waals surface area contributed by atoms with Gasteiger partial charge in [-0.15, -0.1) is 0 Å². The van der Waals surface area contributed by atoms with E-state index in [0.29, 0.717) is 19.6 Å². The van der Waals surface area contributed by atoms with Gasteiger partial charge in [-0.1, -0.05) is 30.3 Å². The molecule has 4 heteroatoms. The molecule has 20 heavy (non-hydrogen) atoms. The number of carbonyl (C=O) groups is 1. The number of ether oxygens (including phenoxy) is 1. The van der Waals surface area contributed by atoms with Gasteiger partial charge in [-0.2, -0.15) is 0 Å². The van der Waals surface area contributed by atoms with Crippen LogP contribution in [0.4, 0.5) is 0 Å². The van der Waals surface area contributed by atoms with Crippen LogP contribution >= 0.6 is 0 Å². The number of benzene rings is 1. The highest BCUT2D eigenvalue weighted by Gasteiger charge is 2.20. The lowest BCUT2D eigenvalue weighted by atomic mass is 10.0. The van der Waals surface area contributed by atoms with E-state index in [2.05, 4.69) is 5.32 Å². The number of nitrogens with two attached hydrogens (primary N) is 1. The molecule has 4 nitrogen and oxygen atoms in total. The van der Waals surface area contributed by atoms with Crippen LogP contribution in [-0.4, -0.2) is 30.7 Å². The van der Waals surface area contributed by atoms with Crippen LogP contribution in [0.3, 0.4) is 0 Å². The molecule has 1 rings (SSSR count). The van der Waals surface area contributed by atoms with Crippen LogP contribution in [0, 0.1) is 0 Å². The van der Waals surface area contributed by atoms with E-state index in [9.17, 15) is 4.79 Å². The van der Waals surface area contributed by atoms with Crippen molar-refractivity contribution in [2.45, 2.75) is 45.3 Å². The standard InChI is InChI=1S/C16H26N2O2/c1-4-20-16(2,3)12-18-15(19)14(17)11-10-13-8-6-5-7-9-13/h5-9,14H,4,10-12,17H2,1-3H3,(H,18,19). The summed E-state index contributed by atoms with van der Waals surface area (Å²) in [5.41, 5.74) is 6.76. The van der Waals surface area contributed by atoms with Gasteiger partial charge in [0, 0.05) is 13.2 Å². The van der Waals surface area contributed by atoms with Crippen molar-refractivity contribution < 1.29 is 9.53 Å². The zero-order valence-corrected chi connectivity index (χ0v) is 12.7. The van der Waals surface area contributed by atoms with Gasteiger partial charge in [-0.05, 0) is 39.2 Å². The average Bonchev–Trinajstić information content (AvgIpc) is 2.43. The van der Waals surface area contributed by atoms with Gasteiger partial charge in [-0.25, -0.2) is 0 Å². The van der Waals surface area contributed by atoms with Crippen LogP contribution in [-0.2, 0) is 16.0 Å². The van der Waals surface area contributed by atoms with Crippen molar-refractivity contribution >= 4 is 5.91 Å². The summed E-state index contributed by atoms with van der Waals surface area (Å²) in [5.74, 6) is -0.117. The fourth-order valence-corrected chi connectivity index (χ4v) is 1.97. The Balaban J connectivity index is 2.32. The first-order valence-corrected chi connectivity index (χ1v) is 7.16. The molecule has 1 unspecified atom stereocenters. The van der Waals surface area contributed by atoms with Crippen LogP contribution in [0.2, 0.25) is 0 Å². The number of carbonyl (C=O) groups excluding carboxylic acids is 1. The molecule has 3 N–H and O–H groups in total. The average molecular weight is 278 g/mol. The fourth-order valence-electron chi connectivity index (χ4n) is 1.97. The second-order valence-electron chi connectivity index (χ2n) is 5.54. The number of rotatable bonds is 8. The number of aryl methyl sites for hydroxylation is 1. The lowest BCUT2D eigenvalue weighted by Gasteiger charge is -2.25. The summed E-state index contributed by atoms with van der Waals surface area (Å²) in [4.78, 5) is 11.9. The van der Waals surface area contributed by atoms with E-state index < -0.39 is 6.04 Å². The number of hydrogen-bond acceptors (Lipinski definition) is 3. The Hall–Kier alpha value is -1.39. The minimum atomic E-state index is -0.479. The summed E-state index contributed by atoms with van der Waals surface area (Å²) in [6, 6.07) is 9.57. The predicted octanol–water partition coefficient (Wildman–Crippen LogP) is 1.88. The summed E-state index contributed by atoms with van der Waals surface area (Å²) in [6.45, 7) is 6.94. The smallest absolute Gasteiger partial charge is 0.237 e. The Labute approximate surface area is 121 Å². The van der Waals surface area contributed by atoms with E-state index in [0.717, 1.165) is 6.42 Å². The van der Waals surface area contributed by atoms with Crippen LogP contribution in [0.15, 0.2) is 30.3 Å². The third-order valence-electron chi connectivity index (χ3n) is 3.15. The van der Waals surface area contributed by atoms with Gasteiger partial charge >= 0.3 is 0 Å². The van der Waals surface area contributed by atoms with Gasteiger partial charge < -0.3 is 15.8 Å². The minimum Gasteiger partial charge on any atom is -0.374 e. The fraction of sp³-hybridized carbons (Fsp3) is 0.562. The van der Waals surface area contributed by atoms with E-state index in [1.165, 1.54) is 5.56 Å². The molecule has 0 bridgehead atoms. The maximum atomic E-state index is 11.9. The van der Waals surface area contributed by atoms with E-state index in [-0.39, 0.29) is 11.5 Å². The molecule has 0 heterocycles. The molecule has 0 aliphatic rings. The van der Waals surface area contributed by atoms with Crippen molar-refractivity contribution in [2.24, 2.45) is 5.73 Å². The molecule has 1 amide bonds. The molecule has 0 fully saturated rings. The molecule has 0 spiro atoms. The van der Waals surface area contributed by atoms with Crippen LogP contribution in [0.5, 0.6) is 0 Å². The topological polar surface area (TPSA) is 64.3 Å². The van der Waals surface area contributed by atoms with Crippen molar-refractivity contribution in [2.75, 3.05) is 13.2 Å². The number of hydrogen-bond donors (Lipinski definition) is 2. The molecule has 0 aromatic heterocycles. The zero-order chi connectivity index (χ0) is 15.0. The first-order valence-electron chi connectivity index (χ1n) is 7.16. The van der Waals surface area contributed by atoms with Gasteiger partial charge in [0.1, 0.15) is 0 Å². The second-order valence-corrected chi connectivity index (χ2v) is 5.54. The normalized spacial score (nSPS) is 13.0. The summed E-state index contributed by atoms with van der Waals surface area (Å²) in [7, 11) is 0. The highest BCUT2D eigenvalue weighted by Crippen LogP contribution is 2.08. The third kappa shape index (κ3) is 6.17. The molecule has 0 saturated heterocycles. The monoisotopic (exact) mass is 278 g/mol. The third-order valence-corrected chi connectivity index (χ3v) is 3.15. The Morgan fingerprint density at radius 1 is 1.35 bits per heavy atom. The van der Waals surface area contributed by atoms with Gasteiger partial charge in [0.15, 0.2) is 0 Å². The first-order chi connectivity index (χ1) is 9.44. The van der Waals surface area contributed by atoms with Gasteiger partial charge in [-0.3, -0.25) is 4.79 Å². The van der Waals surface area contributed by atoms with Gasteiger partial charge in [0.2, 0.25) is 5.91 Å². The van der Waals surface area contributed by atoms with E-state index in [1.807, 2.05) is 51.1 Å². The lowest BCUT2D eigenvalue weighted by Crippen LogP contribution is -2.47. The van der Waals surface area contributed by atoms with Gasteiger partial charge in [0.25, 0.3) is 0 Å². The van der Waals surface area contributed by atoms with Gasteiger partial charge in [0.05, 0.1) is 11.6 Å². The maximum absolute atomic E-state index is 11.9. The van der Waals surface area contributed by atoms with E-state index in [4.69, 9.17) is 10.5 Å². The van der Waals surface area contributed by atoms with Crippen LogP contribution < -0.4 is 11.1 Å². The van der Waals surface area contributed by atoms with Crippen molar-refractivity contribution in [3.05, 3.63) is 35.9 Å². The Morgan fingerprint density at radius 3 is 2.60 bits per heavy atom. The van der Waals surface area contributed by atoms with Crippen molar-refractivity contribution in [1.82, 2.24) is 5.32 Å². The Kier molecular flexibility index (Phi) is 6.68. The summed E-state index contributed by atoms with van der Waals surface area (Å²) in [6.07, 6.45) is 1.45. The molecular weight excluding hydrogens is 252 g/mol. The van der Waals surface area contributed by atoms with Crippen molar-refractivity contribution in [1.29, 1.82) is 0 Å². The number of nitrogens with one attached hydrogen (secondary N) is 1. The van der Waals surface area contributed by atoms with Crippen molar-refractivity contribution in [3.8, 4) is 0 Å². The first kappa shape index (κ1) is 16.7. The van der Waals surface area contributed by atoms with Crippen molar-refractivity contribution in [3.63, 3.8) is 0 Å². The predicted molar refractivity (Wildman–Crippen MR) is 81.5 cm³/mol. The van der Waals surface area contributed by atoms with E-state index in [1.54, 1.807) is 0 Å². The largest absolute Gasteiger partial charge is 0.374 e. The maximum Gasteiger partial charge on any atom is 0.237 e. The molecule has 0 aliphatic heterocycles. The highest BCUT2D eigenvalue weighted by molar-refractivity contribution is 5.81. The molecule has 0 radical (unpaired) electrons. The zero-order valence-electron chi connectivity index (χ0n) is 12.7. The molecule has 1 atom stereocenters. The minimum absolute atomic E-state index is 0.117. The second kappa shape index (κ2) is 8.02. The number of amides is 1. The van der Waals surface area contributed by atoms with E-state index >= 15 is 0 Å². The Morgan fingerprint density at radius 2 is 2.00 bits per heavy atom. The summed E-state index contributed by atoms with van der Waals surface area (Å²) >= 11 is 0. The lowest BCUT2D eigenvalue weighted by molar-refractivity contribution is -0.124. The molecule has 112 valence electrons. The molecule has 0 aliphatic carbocycles. The molecule has 1 aromatic carbocycles. The van der Waals surface area contributed by atoms with Crippen LogP contribution in [0.25, 0.3) is 0 Å². The summed E-state index contributed by atoms with van der Waals surface area (Å²) < 4.78 is 5.53. The summed E-state index contributed by atoms with van der Waals surface area (Å²) in [5, 5.41) is 2.85. The molecule has 0 saturated carbocycles.